The van der Waals surface area contributed by atoms with Gasteiger partial charge >= 0.3 is 12.1 Å². The molecule has 1 aromatic heterocycles. The summed E-state index contributed by atoms with van der Waals surface area (Å²) in [5.41, 5.74) is 2.09. The van der Waals surface area contributed by atoms with Gasteiger partial charge in [-0.25, -0.2) is 14.6 Å². The van der Waals surface area contributed by atoms with Crippen molar-refractivity contribution in [1.29, 1.82) is 0 Å². The third kappa shape index (κ3) is 3.65. The van der Waals surface area contributed by atoms with Crippen molar-refractivity contribution in [2.24, 2.45) is 0 Å². The summed E-state index contributed by atoms with van der Waals surface area (Å²) in [4.78, 5) is 31.9. The smallest absolute Gasteiger partial charge is 0.410 e. The third-order valence-corrected chi connectivity index (χ3v) is 5.52. The first-order chi connectivity index (χ1) is 12.7. The van der Waals surface area contributed by atoms with Crippen molar-refractivity contribution in [3.05, 3.63) is 52.0 Å². The van der Waals surface area contributed by atoms with Gasteiger partial charge in [-0.1, -0.05) is 30.3 Å². The van der Waals surface area contributed by atoms with E-state index >= 15 is 0 Å². The molecule has 0 saturated carbocycles. The molecule has 2 aliphatic heterocycles. The standard InChI is InChI=1S/C18H20N4O3S/c23-17(21-6-7-22-15(10-21)11-25-18(22)24)19-9-14-12-26-16(20-14)8-13-4-2-1-3-5-13/h1-5,12,15H,6-11H2,(H,19,23). The van der Waals surface area contributed by atoms with Gasteiger partial charge in [0.2, 0.25) is 0 Å². The number of ether oxygens (including phenoxy) is 1. The first-order valence-corrected chi connectivity index (χ1v) is 9.50. The van der Waals surface area contributed by atoms with Crippen molar-refractivity contribution in [3.8, 4) is 0 Å². The van der Waals surface area contributed by atoms with Gasteiger partial charge in [0.1, 0.15) is 6.61 Å². The van der Waals surface area contributed by atoms with Crippen molar-refractivity contribution in [2.75, 3.05) is 26.2 Å². The van der Waals surface area contributed by atoms with Crippen molar-refractivity contribution in [3.63, 3.8) is 0 Å². The first-order valence-electron chi connectivity index (χ1n) is 8.62. The molecular weight excluding hydrogens is 352 g/mol. The van der Waals surface area contributed by atoms with Crippen LogP contribution in [0, 0.1) is 0 Å². The lowest BCUT2D eigenvalue weighted by molar-refractivity contribution is 0.127. The minimum absolute atomic E-state index is 0.0289. The van der Waals surface area contributed by atoms with Crippen LogP contribution in [-0.2, 0) is 17.7 Å². The minimum Gasteiger partial charge on any atom is -0.447 e. The van der Waals surface area contributed by atoms with E-state index < -0.39 is 0 Å². The van der Waals surface area contributed by atoms with Crippen LogP contribution in [0.2, 0.25) is 0 Å². The summed E-state index contributed by atoms with van der Waals surface area (Å²) in [6.07, 6.45) is 0.528. The van der Waals surface area contributed by atoms with Crippen LogP contribution in [0.5, 0.6) is 0 Å². The van der Waals surface area contributed by atoms with Gasteiger partial charge < -0.3 is 15.0 Å². The molecule has 2 fully saturated rings. The second-order valence-corrected chi connectivity index (χ2v) is 7.37. The van der Waals surface area contributed by atoms with Gasteiger partial charge in [-0.05, 0) is 5.56 Å². The highest BCUT2D eigenvalue weighted by Crippen LogP contribution is 2.18. The number of urea groups is 1. The van der Waals surface area contributed by atoms with Gasteiger partial charge in [0, 0.05) is 31.4 Å². The normalized spacial score (nSPS) is 19.2. The van der Waals surface area contributed by atoms with E-state index in [0.717, 1.165) is 17.1 Å². The Morgan fingerprint density at radius 1 is 1.31 bits per heavy atom. The molecule has 136 valence electrons. The van der Waals surface area contributed by atoms with E-state index in [1.807, 2.05) is 23.6 Å². The molecule has 1 N–H and O–H groups in total. The maximum absolute atomic E-state index is 12.4. The highest BCUT2D eigenvalue weighted by molar-refractivity contribution is 7.09. The first kappa shape index (κ1) is 16.8. The fourth-order valence-electron chi connectivity index (χ4n) is 3.23. The summed E-state index contributed by atoms with van der Waals surface area (Å²) < 4.78 is 5.03. The lowest BCUT2D eigenvalue weighted by Gasteiger charge is -2.35. The largest absolute Gasteiger partial charge is 0.447 e. The highest BCUT2D eigenvalue weighted by Gasteiger charge is 2.38. The van der Waals surface area contributed by atoms with Crippen LogP contribution >= 0.6 is 11.3 Å². The topological polar surface area (TPSA) is 74.8 Å². The maximum Gasteiger partial charge on any atom is 0.410 e. The van der Waals surface area contributed by atoms with Crippen LogP contribution < -0.4 is 5.32 Å². The number of carbonyl (C=O) groups excluding carboxylic acids is 2. The van der Waals surface area contributed by atoms with E-state index in [1.165, 1.54) is 5.56 Å². The molecule has 1 aromatic carbocycles. The number of cyclic esters (lactones) is 1. The SMILES string of the molecule is O=C(NCc1csc(Cc2ccccc2)n1)N1CCN2C(=O)OCC2C1. The van der Waals surface area contributed by atoms with Crippen LogP contribution in [0.3, 0.4) is 0 Å². The van der Waals surface area contributed by atoms with Crippen molar-refractivity contribution < 1.29 is 14.3 Å². The number of nitrogens with one attached hydrogen (secondary N) is 1. The summed E-state index contributed by atoms with van der Waals surface area (Å²) >= 11 is 1.61. The van der Waals surface area contributed by atoms with Crippen molar-refractivity contribution in [2.45, 2.75) is 19.0 Å². The molecule has 7 nitrogen and oxygen atoms in total. The molecule has 1 unspecified atom stereocenters. The Kier molecular flexibility index (Phi) is 4.75. The summed E-state index contributed by atoms with van der Waals surface area (Å²) in [5, 5.41) is 5.95. The minimum atomic E-state index is -0.275. The molecule has 0 aliphatic carbocycles. The van der Waals surface area contributed by atoms with Crippen LogP contribution in [0.4, 0.5) is 9.59 Å². The van der Waals surface area contributed by atoms with Gasteiger partial charge in [0.15, 0.2) is 0 Å². The third-order valence-electron chi connectivity index (χ3n) is 4.62. The average Bonchev–Trinajstić information content (AvgIpc) is 3.27. The number of nitrogens with zero attached hydrogens (tertiary/aromatic N) is 3. The average molecular weight is 372 g/mol. The number of carbonyl (C=O) groups is 2. The zero-order chi connectivity index (χ0) is 17.9. The fourth-order valence-corrected chi connectivity index (χ4v) is 4.06. The van der Waals surface area contributed by atoms with E-state index in [2.05, 4.69) is 22.4 Å². The highest BCUT2D eigenvalue weighted by atomic mass is 32.1. The number of thiazole rings is 1. The molecule has 4 rings (SSSR count). The number of hydrogen-bond donors (Lipinski definition) is 1. The molecule has 8 heteroatoms. The van der Waals surface area contributed by atoms with Gasteiger partial charge in [-0.3, -0.25) is 4.90 Å². The van der Waals surface area contributed by atoms with E-state index in [0.29, 0.717) is 32.8 Å². The lowest BCUT2D eigenvalue weighted by atomic mass is 10.2. The molecule has 2 aromatic rings. The van der Waals surface area contributed by atoms with Crippen molar-refractivity contribution in [1.82, 2.24) is 20.1 Å². The second-order valence-electron chi connectivity index (χ2n) is 6.42. The van der Waals surface area contributed by atoms with E-state index in [4.69, 9.17) is 4.74 Å². The number of aromatic nitrogens is 1. The number of fused-ring (bicyclic) bond motifs is 1. The van der Waals surface area contributed by atoms with Crippen LogP contribution in [-0.4, -0.2) is 59.2 Å². The zero-order valence-corrected chi connectivity index (χ0v) is 15.1. The summed E-state index contributed by atoms with van der Waals surface area (Å²) in [7, 11) is 0. The molecule has 1 atom stereocenters. The molecule has 3 heterocycles. The molecular formula is C18H20N4O3S. The van der Waals surface area contributed by atoms with Gasteiger partial charge in [-0.2, -0.15) is 0 Å². The molecule has 0 bridgehead atoms. The molecule has 0 radical (unpaired) electrons. The Bertz CT molecular complexity index is 795. The lowest BCUT2D eigenvalue weighted by Crippen LogP contribution is -2.55. The van der Waals surface area contributed by atoms with Crippen LogP contribution in [0.1, 0.15) is 16.3 Å². The number of amides is 3. The van der Waals surface area contributed by atoms with Crippen LogP contribution in [0.15, 0.2) is 35.7 Å². The second kappa shape index (κ2) is 7.33. The molecule has 2 saturated heterocycles. The Labute approximate surface area is 155 Å². The number of hydrogen-bond acceptors (Lipinski definition) is 5. The van der Waals surface area contributed by atoms with Gasteiger partial charge in [0.25, 0.3) is 0 Å². The Balaban J connectivity index is 1.28. The van der Waals surface area contributed by atoms with Crippen LogP contribution in [0.25, 0.3) is 0 Å². The van der Waals surface area contributed by atoms with E-state index in [1.54, 1.807) is 21.1 Å². The summed E-state index contributed by atoms with van der Waals surface area (Å²) in [6, 6.07) is 10.1. The molecule has 26 heavy (non-hydrogen) atoms. The fraction of sp³-hybridized carbons (Fsp3) is 0.389. The number of piperazine rings is 1. The zero-order valence-electron chi connectivity index (χ0n) is 14.3. The maximum atomic E-state index is 12.4. The Hall–Kier alpha value is -2.61. The summed E-state index contributed by atoms with van der Waals surface area (Å²) in [6.45, 7) is 2.32. The van der Waals surface area contributed by atoms with Gasteiger partial charge in [-0.15, -0.1) is 11.3 Å². The molecule has 0 spiro atoms. The Morgan fingerprint density at radius 2 is 2.15 bits per heavy atom. The molecule has 3 amide bonds. The monoisotopic (exact) mass is 372 g/mol. The predicted molar refractivity (Wildman–Crippen MR) is 97.0 cm³/mol. The van der Waals surface area contributed by atoms with Gasteiger partial charge in [0.05, 0.1) is 23.3 Å². The van der Waals surface area contributed by atoms with E-state index in [9.17, 15) is 9.59 Å². The number of rotatable bonds is 4. The molecule has 2 aliphatic rings. The van der Waals surface area contributed by atoms with E-state index in [-0.39, 0.29) is 18.2 Å². The quantitative estimate of drug-likeness (QED) is 0.892. The summed E-state index contributed by atoms with van der Waals surface area (Å²) in [5.74, 6) is 0. The van der Waals surface area contributed by atoms with Crippen molar-refractivity contribution >= 4 is 23.5 Å². The number of benzene rings is 1. The Morgan fingerprint density at radius 3 is 3.00 bits per heavy atom. The predicted octanol–water partition coefficient (Wildman–Crippen LogP) is 2.08.